The molecule has 2 aromatic rings. The minimum absolute atomic E-state index is 0.200. The molecule has 0 aromatic heterocycles. The summed E-state index contributed by atoms with van der Waals surface area (Å²) in [5.41, 5.74) is 2.21. The third-order valence-electron chi connectivity index (χ3n) is 4.08. The summed E-state index contributed by atoms with van der Waals surface area (Å²) in [5, 5.41) is 11.7. The van der Waals surface area contributed by atoms with Crippen molar-refractivity contribution in [3.8, 4) is 11.1 Å². The summed E-state index contributed by atoms with van der Waals surface area (Å²) < 4.78 is 0. The Hall–Kier alpha value is -2.80. The van der Waals surface area contributed by atoms with Gasteiger partial charge in [-0.25, -0.2) is 9.59 Å². The molecule has 1 atom stereocenters. The molecule has 0 spiro atoms. The Kier molecular flexibility index (Phi) is 8.07. The minimum Gasteiger partial charge on any atom is -0.480 e. The van der Waals surface area contributed by atoms with E-state index in [-0.39, 0.29) is 12.3 Å². The second-order valence-electron chi connectivity index (χ2n) is 6.20. The summed E-state index contributed by atoms with van der Waals surface area (Å²) in [6, 6.07) is 15.0. The third kappa shape index (κ3) is 5.60. The number of hydrogen-bond donors (Lipinski definition) is 2. The first-order chi connectivity index (χ1) is 13.5. The number of nitrogens with one attached hydrogen (secondary N) is 1. The maximum atomic E-state index is 13.0. The Morgan fingerprint density at radius 3 is 2.36 bits per heavy atom. The molecule has 2 aromatic carbocycles. The van der Waals surface area contributed by atoms with Crippen molar-refractivity contribution in [2.75, 3.05) is 18.6 Å². The van der Waals surface area contributed by atoms with Crippen LogP contribution in [0, 0.1) is 0 Å². The summed E-state index contributed by atoms with van der Waals surface area (Å²) in [7, 11) is 0. The molecule has 0 saturated carbocycles. The SMILES string of the molecule is CCCN(C(=O)NC(CSC)C(=O)O)C(=O)c1cccc(-c2ccccc2)c1. The molecule has 3 amide bonds. The zero-order valence-electron chi connectivity index (χ0n) is 15.9. The van der Waals surface area contributed by atoms with E-state index in [1.54, 1.807) is 24.5 Å². The first-order valence-electron chi connectivity index (χ1n) is 8.97. The van der Waals surface area contributed by atoms with Crippen LogP contribution in [0.1, 0.15) is 23.7 Å². The maximum Gasteiger partial charge on any atom is 0.327 e. The summed E-state index contributed by atoms with van der Waals surface area (Å²) in [6.45, 7) is 2.05. The molecule has 0 radical (unpaired) electrons. The van der Waals surface area contributed by atoms with Gasteiger partial charge in [0.05, 0.1) is 0 Å². The lowest BCUT2D eigenvalue weighted by Crippen LogP contribution is -2.51. The van der Waals surface area contributed by atoms with Crippen LogP contribution in [0.25, 0.3) is 11.1 Å². The van der Waals surface area contributed by atoms with Gasteiger partial charge in [-0.1, -0.05) is 49.4 Å². The Balaban J connectivity index is 2.25. The predicted octanol–water partition coefficient (Wildman–Crippen LogP) is 3.73. The zero-order chi connectivity index (χ0) is 20.5. The fourth-order valence-electron chi connectivity index (χ4n) is 2.71. The lowest BCUT2D eigenvalue weighted by Gasteiger charge is -2.23. The quantitative estimate of drug-likeness (QED) is 0.705. The molecule has 6 nitrogen and oxygen atoms in total. The normalized spacial score (nSPS) is 11.5. The Morgan fingerprint density at radius 1 is 1.07 bits per heavy atom. The molecule has 2 N–H and O–H groups in total. The van der Waals surface area contributed by atoms with Gasteiger partial charge in [0.2, 0.25) is 0 Å². The van der Waals surface area contributed by atoms with Crippen molar-refractivity contribution in [1.82, 2.24) is 10.2 Å². The first kappa shape index (κ1) is 21.5. The van der Waals surface area contributed by atoms with Crippen molar-refractivity contribution in [3.05, 3.63) is 60.2 Å². The summed E-state index contributed by atoms with van der Waals surface area (Å²) in [4.78, 5) is 38.0. The summed E-state index contributed by atoms with van der Waals surface area (Å²) >= 11 is 1.31. The van der Waals surface area contributed by atoms with Gasteiger partial charge >= 0.3 is 12.0 Å². The molecule has 0 fully saturated rings. The number of benzene rings is 2. The average molecular weight is 401 g/mol. The molecule has 2 rings (SSSR count). The van der Waals surface area contributed by atoms with Crippen LogP contribution in [-0.4, -0.2) is 52.5 Å². The highest BCUT2D eigenvalue weighted by molar-refractivity contribution is 7.98. The standard InChI is InChI=1S/C21H24N2O4S/c1-3-12-23(21(27)22-18(14-28-2)20(25)26)19(24)17-11-7-10-16(13-17)15-8-5-4-6-9-15/h4-11,13,18H,3,12,14H2,1-2H3,(H,22,27)(H,25,26). The molecular formula is C21H24N2O4S. The van der Waals surface area contributed by atoms with E-state index in [1.807, 2.05) is 43.3 Å². The number of aliphatic carboxylic acids is 1. The lowest BCUT2D eigenvalue weighted by molar-refractivity contribution is -0.138. The molecule has 0 aliphatic heterocycles. The van der Waals surface area contributed by atoms with Crippen LogP contribution in [0.5, 0.6) is 0 Å². The van der Waals surface area contributed by atoms with Gasteiger partial charge < -0.3 is 10.4 Å². The molecule has 7 heteroatoms. The van der Waals surface area contributed by atoms with Crippen LogP contribution in [0.4, 0.5) is 4.79 Å². The topological polar surface area (TPSA) is 86.7 Å². The molecular weight excluding hydrogens is 376 g/mol. The summed E-state index contributed by atoms with van der Waals surface area (Å²) in [5.74, 6) is -1.36. The van der Waals surface area contributed by atoms with Crippen LogP contribution in [0.3, 0.4) is 0 Å². The number of thioether (sulfide) groups is 1. The minimum atomic E-state index is -1.13. The van der Waals surface area contributed by atoms with E-state index in [9.17, 15) is 19.5 Å². The van der Waals surface area contributed by atoms with Gasteiger partial charge in [0.25, 0.3) is 5.91 Å². The van der Waals surface area contributed by atoms with Crippen molar-refractivity contribution in [2.45, 2.75) is 19.4 Å². The molecule has 1 unspecified atom stereocenters. The number of carbonyl (C=O) groups excluding carboxylic acids is 2. The Bertz CT molecular complexity index is 826. The number of rotatable bonds is 8. The largest absolute Gasteiger partial charge is 0.480 e. The molecule has 0 aliphatic rings. The van der Waals surface area contributed by atoms with Gasteiger partial charge in [-0.15, -0.1) is 0 Å². The van der Waals surface area contributed by atoms with E-state index in [4.69, 9.17) is 0 Å². The predicted molar refractivity (Wildman–Crippen MR) is 112 cm³/mol. The van der Waals surface area contributed by atoms with E-state index < -0.39 is 23.9 Å². The summed E-state index contributed by atoms with van der Waals surface area (Å²) in [6.07, 6.45) is 2.32. The number of carboxylic acid groups (broad SMARTS) is 1. The Labute approximate surface area is 168 Å². The molecule has 0 saturated heterocycles. The van der Waals surface area contributed by atoms with Gasteiger partial charge in [-0.2, -0.15) is 11.8 Å². The van der Waals surface area contributed by atoms with E-state index in [2.05, 4.69) is 5.32 Å². The van der Waals surface area contributed by atoms with Gasteiger partial charge in [0, 0.05) is 17.9 Å². The zero-order valence-corrected chi connectivity index (χ0v) is 16.7. The van der Waals surface area contributed by atoms with Crippen molar-refractivity contribution in [3.63, 3.8) is 0 Å². The van der Waals surface area contributed by atoms with Gasteiger partial charge in [0.1, 0.15) is 6.04 Å². The van der Waals surface area contributed by atoms with Gasteiger partial charge in [-0.3, -0.25) is 9.69 Å². The molecule has 0 bridgehead atoms. The van der Waals surface area contributed by atoms with Crippen LogP contribution in [0.2, 0.25) is 0 Å². The first-order valence-corrected chi connectivity index (χ1v) is 10.4. The van der Waals surface area contributed by atoms with Crippen LogP contribution in [-0.2, 0) is 4.79 Å². The smallest absolute Gasteiger partial charge is 0.327 e. The molecule has 148 valence electrons. The fraction of sp³-hybridized carbons (Fsp3) is 0.286. The molecule has 28 heavy (non-hydrogen) atoms. The van der Waals surface area contributed by atoms with Crippen LogP contribution < -0.4 is 5.32 Å². The number of carbonyl (C=O) groups is 3. The molecule has 0 heterocycles. The highest BCUT2D eigenvalue weighted by Gasteiger charge is 2.27. The second kappa shape index (κ2) is 10.5. The fourth-order valence-corrected chi connectivity index (χ4v) is 3.26. The number of nitrogens with zero attached hydrogens (tertiary/aromatic N) is 1. The van der Waals surface area contributed by atoms with Crippen LogP contribution in [0.15, 0.2) is 54.6 Å². The Morgan fingerprint density at radius 2 is 1.75 bits per heavy atom. The van der Waals surface area contributed by atoms with Crippen molar-refractivity contribution in [2.24, 2.45) is 0 Å². The third-order valence-corrected chi connectivity index (χ3v) is 4.75. The average Bonchev–Trinajstić information content (AvgIpc) is 2.71. The lowest BCUT2D eigenvalue weighted by atomic mass is 10.0. The highest BCUT2D eigenvalue weighted by Crippen LogP contribution is 2.21. The highest BCUT2D eigenvalue weighted by atomic mass is 32.2. The van der Waals surface area contributed by atoms with Crippen molar-refractivity contribution in [1.29, 1.82) is 0 Å². The number of imide groups is 1. The van der Waals surface area contributed by atoms with Crippen molar-refractivity contribution >= 4 is 29.7 Å². The van der Waals surface area contributed by atoms with E-state index >= 15 is 0 Å². The monoisotopic (exact) mass is 400 g/mol. The van der Waals surface area contributed by atoms with Gasteiger partial charge in [-0.05, 0) is 35.9 Å². The maximum absolute atomic E-state index is 13.0. The van der Waals surface area contributed by atoms with Crippen LogP contribution >= 0.6 is 11.8 Å². The van der Waals surface area contributed by atoms with E-state index in [0.29, 0.717) is 12.0 Å². The number of hydrogen-bond acceptors (Lipinski definition) is 4. The number of carboxylic acids is 1. The van der Waals surface area contributed by atoms with Gasteiger partial charge in [0.15, 0.2) is 0 Å². The second-order valence-corrected chi connectivity index (χ2v) is 7.11. The molecule has 0 aliphatic carbocycles. The van der Waals surface area contributed by atoms with E-state index in [0.717, 1.165) is 16.0 Å². The van der Waals surface area contributed by atoms with E-state index in [1.165, 1.54) is 11.8 Å². The number of amides is 3. The van der Waals surface area contributed by atoms with Crippen molar-refractivity contribution < 1.29 is 19.5 Å². The number of urea groups is 1.